The van der Waals surface area contributed by atoms with Gasteiger partial charge >= 0.3 is 0 Å². The van der Waals surface area contributed by atoms with Crippen LogP contribution >= 0.6 is 22.6 Å². The molecule has 0 spiro atoms. The molecule has 1 aliphatic carbocycles. The first-order valence-corrected chi connectivity index (χ1v) is 10.1. The van der Waals surface area contributed by atoms with Gasteiger partial charge in [-0.3, -0.25) is 4.79 Å². The van der Waals surface area contributed by atoms with E-state index >= 15 is 0 Å². The highest BCUT2D eigenvalue weighted by Crippen LogP contribution is 2.39. The molecule has 144 valence electrons. The summed E-state index contributed by atoms with van der Waals surface area (Å²) >= 11 is 2.07. The zero-order valence-electron chi connectivity index (χ0n) is 15.3. The Morgan fingerprint density at radius 2 is 2.11 bits per heavy atom. The fourth-order valence-electron chi connectivity index (χ4n) is 3.59. The highest BCUT2D eigenvalue weighted by Gasteiger charge is 2.23. The minimum atomic E-state index is -0.385. The number of furan rings is 1. The molecule has 3 aromatic rings. The number of phenols is 1. The van der Waals surface area contributed by atoms with Gasteiger partial charge in [0.05, 0.1) is 22.5 Å². The van der Waals surface area contributed by atoms with Crippen molar-refractivity contribution < 1.29 is 19.1 Å². The highest BCUT2D eigenvalue weighted by atomic mass is 127. The lowest BCUT2D eigenvalue weighted by molar-refractivity contribution is 0.0952. The van der Waals surface area contributed by atoms with Crippen LogP contribution in [0.4, 0.5) is 0 Å². The fraction of sp³-hybridized carbons (Fsp3) is 0.238. The smallest absolute Gasteiger partial charge is 0.275 e. The van der Waals surface area contributed by atoms with E-state index in [2.05, 4.69) is 33.1 Å². The van der Waals surface area contributed by atoms with Crippen LogP contribution in [0.2, 0.25) is 0 Å². The molecule has 0 bridgehead atoms. The van der Waals surface area contributed by atoms with E-state index in [-0.39, 0.29) is 11.7 Å². The molecule has 1 heterocycles. The Morgan fingerprint density at radius 3 is 2.93 bits per heavy atom. The van der Waals surface area contributed by atoms with E-state index in [9.17, 15) is 9.90 Å². The van der Waals surface area contributed by atoms with Gasteiger partial charge in [0.15, 0.2) is 0 Å². The van der Waals surface area contributed by atoms with Gasteiger partial charge in [0, 0.05) is 22.9 Å². The Hall–Kier alpha value is -2.55. The maximum atomic E-state index is 12.4. The summed E-state index contributed by atoms with van der Waals surface area (Å²) in [6, 6.07) is 8.77. The first-order chi connectivity index (χ1) is 13.6. The number of hydrogen-bond acceptors (Lipinski definition) is 5. The number of phenolic OH excluding ortho intramolecular Hbond substituents is 1. The van der Waals surface area contributed by atoms with E-state index < -0.39 is 0 Å². The van der Waals surface area contributed by atoms with Gasteiger partial charge in [0.25, 0.3) is 5.91 Å². The standard InChI is InChI=1S/C21H19IN2O4/c1-27-16-8-4-3-7-13(16)21(26)24-23-11-14-19-12-6-2-5-9-17(12)28-18(19)10-15(22)20(14)25/h3-4,7-8,10-11,25H,2,5-6,9H2,1H3,(H,24,26)/b23-11-. The Bertz CT molecular complexity index is 1090. The SMILES string of the molecule is COc1ccccc1C(=O)N/N=C\c1c(O)c(I)cc2oc3c(c12)CCCC3. The Balaban J connectivity index is 1.68. The van der Waals surface area contributed by atoms with Crippen molar-refractivity contribution in [3.05, 3.63) is 56.4 Å². The topological polar surface area (TPSA) is 84.1 Å². The summed E-state index contributed by atoms with van der Waals surface area (Å²) in [5, 5.41) is 15.6. The molecule has 0 saturated carbocycles. The summed E-state index contributed by atoms with van der Waals surface area (Å²) in [6.45, 7) is 0. The highest BCUT2D eigenvalue weighted by molar-refractivity contribution is 14.1. The number of methoxy groups -OCH3 is 1. The van der Waals surface area contributed by atoms with Gasteiger partial charge in [-0.1, -0.05) is 12.1 Å². The minimum absolute atomic E-state index is 0.137. The van der Waals surface area contributed by atoms with Crippen LogP contribution in [-0.2, 0) is 12.8 Å². The zero-order valence-corrected chi connectivity index (χ0v) is 17.4. The summed E-state index contributed by atoms with van der Waals surface area (Å²) in [5.74, 6) is 1.20. The fourth-order valence-corrected chi connectivity index (χ4v) is 4.16. The van der Waals surface area contributed by atoms with Gasteiger partial charge in [-0.05, 0) is 60.1 Å². The van der Waals surface area contributed by atoms with E-state index in [1.54, 1.807) is 24.3 Å². The lowest BCUT2D eigenvalue weighted by Gasteiger charge is -2.10. The van der Waals surface area contributed by atoms with Gasteiger partial charge in [-0.2, -0.15) is 5.10 Å². The molecule has 0 fully saturated rings. The van der Waals surface area contributed by atoms with Crippen LogP contribution in [-0.4, -0.2) is 24.3 Å². The van der Waals surface area contributed by atoms with Crippen molar-refractivity contribution in [2.45, 2.75) is 25.7 Å². The molecule has 2 N–H and O–H groups in total. The summed E-state index contributed by atoms with van der Waals surface area (Å²) in [6.07, 6.45) is 5.50. The number of fused-ring (bicyclic) bond motifs is 3. The van der Waals surface area contributed by atoms with E-state index in [0.29, 0.717) is 20.4 Å². The third-order valence-electron chi connectivity index (χ3n) is 4.92. The average Bonchev–Trinajstić information content (AvgIpc) is 3.08. The van der Waals surface area contributed by atoms with Crippen molar-refractivity contribution in [2.75, 3.05) is 7.11 Å². The maximum Gasteiger partial charge on any atom is 0.275 e. The van der Waals surface area contributed by atoms with Crippen molar-refractivity contribution in [3.8, 4) is 11.5 Å². The van der Waals surface area contributed by atoms with Crippen molar-refractivity contribution in [2.24, 2.45) is 5.10 Å². The lowest BCUT2D eigenvalue weighted by atomic mass is 9.94. The first kappa shape index (κ1) is 18.8. The number of nitrogens with one attached hydrogen (secondary N) is 1. The van der Waals surface area contributed by atoms with Crippen LogP contribution < -0.4 is 10.2 Å². The van der Waals surface area contributed by atoms with Crippen molar-refractivity contribution in [3.63, 3.8) is 0 Å². The molecule has 28 heavy (non-hydrogen) atoms. The van der Waals surface area contributed by atoms with Gasteiger partial charge in [0.1, 0.15) is 22.8 Å². The van der Waals surface area contributed by atoms with Gasteiger partial charge in [-0.15, -0.1) is 0 Å². The second-order valence-electron chi connectivity index (χ2n) is 6.60. The molecular weight excluding hydrogens is 471 g/mol. The van der Waals surface area contributed by atoms with Crippen LogP contribution in [0.25, 0.3) is 11.0 Å². The van der Waals surface area contributed by atoms with Crippen LogP contribution in [0, 0.1) is 3.57 Å². The van der Waals surface area contributed by atoms with E-state index in [1.807, 2.05) is 6.07 Å². The molecule has 1 aliphatic rings. The number of aromatic hydroxyl groups is 1. The third kappa shape index (κ3) is 3.34. The number of carbonyl (C=O) groups is 1. The second-order valence-corrected chi connectivity index (χ2v) is 7.77. The second kappa shape index (κ2) is 7.83. The van der Waals surface area contributed by atoms with Gasteiger partial charge in [-0.25, -0.2) is 5.43 Å². The van der Waals surface area contributed by atoms with Gasteiger partial charge in [0.2, 0.25) is 0 Å². The number of benzene rings is 2. The van der Waals surface area contributed by atoms with Crippen LogP contribution in [0.15, 0.2) is 39.9 Å². The molecule has 0 atom stereocenters. The summed E-state index contributed by atoms with van der Waals surface area (Å²) in [4.78, 5) is 12.4. The number of hydrogen-bond donors (Lipinski definition) is 2. The molecule has 1 amide bonds. The number of aryl methyl sites for hydroxylation is 2. The molecule has 0 saturated heterocycles. The van der Waals surface area contributed by atoms with Crippen LogP contribution in [0.3, 0.4) is 0 Å². The number of amides is 1. The monoisotopic (exact) mass is 490 g/mol. The average molecular weight is 490 g/mol. The third-order valence-corrected chi connectivity index (χ3v) is 5.74. The zero-order chi connectivity index (χ0) is 19.7. The molecule has 0 unspecified atom stereocenters. The molecular formula is C21H19IN2O4. The molecule has 6 nitrogen and oxygen atoms in total. The van der Waals surface area contributed by atoms with Gasteiger partial charge < -0.3 is 14.3 Å². The molecule has 0 aliphatic heterocycles. The number of rotatable bonds is 4. The summed E-state index contributed by atoms with van der Waals surface area (Å²) in [7, 11) is 1.51. The number of nitrogens with zero attached hydrogens (tertiary/aromatic N) is 1. The van der Waals surface area contributed by atoms with Crippen LogP contribution in [0.1, 0.15) is 40.1 Å². The Kier molecular flexibility index (Phi) is 5.25. The summed E-state index contributed by atoms with van der Waals surface area (Å²) < 4.78 is 11.9. The lowest BCUT2D eigenvalue weighted by Crippen LogP contribution is -2.18. The van der Waals surface area contributed by atoms with Crippen LogP contribution in [0.5, 0.6) is 11.5 Å². The Labute approximate surface area is 175 Å². The Morgan fingerprint density at radius 1 is 1.32 bits per heavy atom. The molecule has 4 rings (SSSR count). The van der Waals surface area contributed by atoms with Crippen molar-refractivity contribution in [1.82, 2.24) is 5.43 Å². The molecule has 7 heteroatoms. The molecule has 0 radical (unpaired) electrons. The predicted molar refractivity (Wildman–Crippen MR) is 115 cm³/mol. The number of carbonyl (C=O) groups excluding carboxylic acids is 1. The van der Waals surface area contributed by atoms with Crippen molar-refractivity contribution in [1.29, 1.82) is 0 Å². The normalized spacial score (nSPS) is 13.6. The largest absolute Gasteiger partial charge is 0.506 e. The molecule has 1 aromatic heterocycles. The van der Waals surface area contributed by atoms with E-state index in [1.165, 1.54) is 13.3 Å². The first-order valence-electron chi connectivity index (χ1n) is 9.02. The number of halogens is 1. The number of ether oxygens (including phenoxy) is 1. The van der Waals surface area contributed by atoms with E-state index in [0.717, 1.165) is 48.0 Å². The predicted octanol–water partition coefficient (Wildman–Crippen LogP) is 4.39. The summed E-state index contributed by atoms with van der Waals surface area (Å²) in [5.41, 5.74) is 5.34. The van der Waals surface area contributed by atoms with E-state index in [4.69, 9.17) is 9.15 Å². The quantitative estimate of drug-likeness (QED) is 0.323. The number of hydrazone groups is 1. The minimum Gasteiger partial charge on any atom is -0.506 e. The number of para-hydroxylation sites is 1. The maximum absolute atomic E-state index is 12.4. The molecule has 2 aromatic carbocycles. The van der Waals surface area contributed by atoms with Crippen molar-refractivity contribution >= 4 is 45.7 Å².